The maximum absolute atomic E-state index is 12.1. The molecule has 0 aliphatic rings. The van der Waals surface area contributed by atoms with Gasteiger partial charge in [-0.3, -0.25) is 14.9 Å². The average molecular weight is 322 g/mol. The van der Waals surface area contributed by atoms with Crippen LogP contribution in [0.25, 0.3) is 0 Å². The molecule has 1 amide bonds. The van der Waals surface area contributed by atoms with Gasteiger partial charge in [-0.25, -0.2) is 4.98 Å². The van der Waals surface area contributed by atoms with E-state index in [1.807, 2.05) is 12.1 Å². The van der Waals surface area contributed by atoms with Crippen LogP contribution in [0.4, 0.5) is 0 Å². The van der Waals surface area contributed by atoms with Crippen molar-refractivity contribution in [2.45, 2.75) is 45.1 Å². The summed E-state index contributed by atoms with van der Waals surface area (Å²) in [5.41, 5.74) is 1.03. The number of hydrogen-bond donors (Lipinski definition) is 2. The van der Waals surface area contributed by atoms with Gasteiger partial charge in [0.2, 0.25) is 11.2 Å². The molecule has 0 spiro atoms. The van der Waals surface area contributed by atoms with Crippen LogP contribution in [0, 0.1) is 0 Å². The molecule has 0 aliphatic carbocycles. The first-order chi connectivity index (χ1) is 10.7. The largest absolute Gasteiger partial charge is 0.349 e. The van der Waals surface area contributed by atoms with E-state index in [-0.39, 0.29) is 17.2 Å². The molecule has 2 heterocycles. The summed E-state index contributed by atoms with van der Waals surface area (Å²) in [6.07, 6.45) is 7.41. The lowest BCUT2D eigenvalue weighted by atomic mass is 10.0. The fourth-order valence-corrected chi connectivity index (χ4v) is 2.34. The fraction of sp³-hybridized carbons (Fsp3) is 0.467. The molecule has 7 heteroatoms. The third kappa shape index (κ3) is 5.11. The second kappa shape index (κ2) is 8.48. The number of hydrogen-bond acceptors (Lipinski definition) is 4. The SMILES string of the molecule is CCCC[C@H](NC(=O)CCc1nc(Cl)n[nH]1)c1cccnc1. The minimum atomic E-state index is -0.0162. The second-order valence-corrected chi connectivity index (χ2v) is 5.44. The first-order valence-corrected chi connectivity index (χ1v) is 7.83. The number of aromatic nitrogens is 4. The highest BCUT2D eigenvalue weighted by Gasteiger charge is 2.14. The van der Waals surface area contributed by atoms with Crippen LogP contribution in [0.2, 0.25) is 5.28 Å². The molecule has 0 unspecified atom stereocenters. The van der Waals surface area contributed by atoms with Crippen LogP contribution in [0.15, 0.2) is 24.5 Å². The van der Waals surface area contributed by atoms with E-state index < -0.39 is 0 Å². The summed E-state index contributed by atoms with van der Waals surface area (Å²) in [7, 11) is 0. The van der Waals surface area contributed by atoms with Crippen LogP contribution < -0.4 is 5.32 Å². The van der Waals surface area contributed by atoms with E-state index in [4.69, 9.17) is 11.6 Å². The molecule has 2 aromatic rings. The van der Waals surface area contributed by atoms with E-state index in [2.05, 4.69) is 32.4 Å². The molecule has 0 fully saturated rings. The normalized spacial score (nSPS) is 12.1. The first kappa shape index (κ1) is 16.4. The molecule has 0 saturated heterocycles. The van der Waals surface area contributed by atoms with Crippen molar-refractivity contribution in [1.29, 1.82) is 0 Å². The van der Waals surface area contributed by atoms with Crippen LogP contribution in [0.1, 0.15) is 50.0 Å². The molecule has 6 nitrogen and oxygen atoms in total. The number of pyridine rings is 1. The highest BCUT2D eigenvalue weighted by Crippen LogP contribution is 2.18. The molecule has 0 aromatic carbocycles. The molecule has 0 saturated carbocycles. The summed E-state index contributed by atoms with van der Waals surface area (Å²) in [6.45, 7) is 2.13. The third-order valence-corrected chi connectivity index (χ3v) is 3.53. The number of halogens is 1. The number of aromatic amines is 1. The smallest absolute Gasteiger partial charge is 0.242 e. The number of amides is 1. The van der Waals surface area contributed by atoms with Gasteiger partial charge in [-0.2, -0.15) is 0 Å². The van der Waals surface area contributed by atoms with Crippen molar-refractivity contribution in [1.82, 2.24) is 25.5 Å². The summed E-state index contributed by atoms with van der Waals surface area (Å²) in [6, 6.07) is 3.88. The van der Waals surface area contributed by atoms with Crippen LogP contribution in [0.5, 0.6) is 0 Å². The van der Waals surface area contributed by atoms with Gasteiger partial charge in [-0.05, 0) is 29.7 Å². The lowest BCUT2D eigenvalue weighted by molar-refractivity contribution is -0.121. The monoisotopic (exact) mass is 321 g/mol. The van der Waals surface area contributed by atoms with E-state index >= 15 is 0 Å². The van der Waals surface area contributed by atoms with Crippen molar-refractivity contribution in [3.8, 4) is 0 Å². The van der Waals surface area contributed by atoms with Gasteiger partial charge < -0.3 is 5.32 Å². The zero-order valence-electron chi connectivity index (χ0n) is 12.6. The number of unbranched alkanes of at least 4 members (excludes halogenated alkanes) is 1. The molecule has 0 radical (unpaired) electrons. The molecule has 1 atom stereocenters. The Morgan fingerprint density at radius 2 is 2.36 bits per heavy atom. The van der Waals surface area contributed by atoms with Gasteiger partial charge in [0.25, 0.3) is 0 Å². The number of H-pyrrole nitrogens is 1. The maximum atomic E-state index is 12.1. The molecular weight excluding hydrogens is 302 g/mol. The summed E-state index contributed by atoms with van der Waals surface area (Å²) in [4.78, 5) is 20.2. The minimum Gasteiger partial charge on any atom is -0.349 e. The molecule has 2 aromatic heterocycles. The second-order valence-electron chi connectivity index (χ2n) is 5.10. The van der Waals surface area contributed by atoms with Gasteiger partial charge in [0.1, 0.15) is 5.82 Å². The number of rotatable bonds is 8. The molecular formula is C15H20ClN5O. The Hall–Kier alpha value is -1.95. The Balaban J connectivity index is 1.90. The predicted octanol–water partition coefficient (Wildman–Crippen LogP) is 2.83. The number of aryl methyl sites for hydroxylation is 1. The molecule has 0 aliphatic heterocycles. The first-order valence-electron chi connectivity index (χ1n) is 7.45. The van der Waals surface area contributed by atoms with Crippen LogP contribution in [0.3, 0.4) is 0 Å². The quantitative estimate of drug-likeness (QED) is 0.783. The Morgan fingerprint density at radius 1 is 1.50 bits per heavy atom. The van der Waals surface area contributed by atoms with Gasteiger partial charge in [-0.15, -0.1) is 5.10 Å². The Bertz CT molecular complexity index is 587. The van der Waals surface area contributed by atoms with Gasteiger partial charge in [0, 0.05) is 25.2 Å². The van der Waals surface area contributed by atoms with Gasteiger partial charge in [0.05, 0.1) is 6.04 Å². The zero-order chi connectivity index (χ0) is 15.8. The van der Waals surface area contributed by atoms with Crippen molar-refractivity contribution in [3.63, 3.8) is 0 Å². The minimum absolute atomic E-state index is 0.000496. The Kier molecular flexibility index (Phi) is 6.33. The van der Waals surface area contributed by atoms with Crippen LogP contribution >= 0.6 is 11.6 Å². The Morgan fingerprint density at radius 3 is 3.00 bits per heavy atom. The fourth-order valence-electron chi connectivity index (χ4n) is 2.19. The number of carbonyl (C=O) groups is 1. The molecule has 118 valence electrons. The van der Waals surface area contributed by atoms with Crippen molar-refractivity contribution in [3.05, 3.63) is 41.2 Å². The van der Waals surface area contributed by atoms with E-state index in [0.29, 0.717) is 18.7 Å². The van der Waals surface area contributed by atoms with Crippen molar-refractivity contribution in [2.24, 2.45) is 0 Å². The van der Waals surface area contributed by atoms with Crippen LogP contribution in [-0.4, -0.2) is 26.1 Å². The standard InChI is InChI=1S/C15H20ClN5O/c1-2-3-6-12(11-5-4-9-17-10-11)18-14(22)8-7-13-19-15(16)21-20-13/h4-5,9-10,12H,2-3,6-8H2,1H3,(H,18,22)(H,19,20,21)/t12-/m0/s1. The maximum Gasteiger partial charge on any atom is 0.242 e. The third-order valence-electron chi connectivity index (χ3n) is 3.36. The van der Waals surface area contributed by atoms with E-state index in [1.54, 1.807) is 12.4 Å². The summed E-state index contributed by atoms with van der Waals surface area (Å²) in [5.74, 6) is 0.601. The van der Waals surface area contributed by atoms with Gasteiger partial charge >= 0.3 is 0 Å². The van der Waals surface area contributed by atoms with E-state index in [1.165, 1.54) is 0 Å². The van der Waals surface area contributed by atoms with Gasteiger partial charge in [0.15, 0.2) is 0 Å². The lowest BCUT2D eigenvalue weighted by Gasteiger charge is -2.18. The highest BCUT2D eigenvalue weighted by atomic mass is 35.5. The van der Waals surface area contributed by atoms with Crippen molar-refractivity contribution in [2.75, 3.05) is 0 Å². The number of nitrogens with one attached hydrogen (secondary N) is 2. The highest BCUT2D eigenvalue weighted by molar-refractivity contribution is 6.28. The van der Waals surface area contributed by atoms with Gasteiger partial charge in [-0.1, -0.05) is 25.8 Å². The van der Waals surface area contributed by atoms with E-state index in [0.717, 1.165) is 24.8 Å². The number of carbonyl (C=O) groups excluding carboxylic acids is 1. The number of nitrogens with zero attached hydrogens (tertiary/aromatic N) is 3. The average Bonchev–Trinajstić information content (AvgIpc) is 2.96. The van der Waals surface area contributed by atoms with Crippen molar-refractivity contribution < 1.29 is 4.79 Å². The summed E-state index contributed by atoms with van der Waals surface area (Å²) < 4.78 is 0. The van der Waals surface area contributed by atoms with E-state index in [9.17, 15) is 4.79 Å². The molecule has 2 rings (SSSR count). The molecule has 0 bridgehead atoms. The van der Waals surface area contributed by atoms with Crippen molar-refractivity contribution >= 4 is 17.5 Å². The predicted molar refractivity (Wildman–Crippen MR) is 84.4 cm³/mol. The zero-order valence-corrected chi connectivity index (χ0v) is 13.3. The lowest BCUT2D eigenvalue weighted by Crippen LogP contribution is -2.29. The summed E-state index contributed by atoms with van der Waals surface area (Å²) >= 11 is 5.64. The summed E-state index contributed by atoms with van der Waals surface area (Å²) in [5, 5.41) is 9.67. The molecule has 2 N–H and O–H groups in total. The topological polar surface area (TPSA) is 83.6 Å². The molecule has 22 heavy (non-hydrogen) atoms. The Labute approximate surface area is 134 Å². The van der Waals surface area contributed by atoms with Crippen LogP contribution in [-0.2, 0) is 11.2 Å².